The van der Waals surface area contributed by atoms with E-state index in [0.29, 0.717) is 11.5 Å². The molecule has 1 rings (SSSR count). The van der Waals surface area contributed by atoms with Gasteiger partial charge in [0.25, 0.3) is 0 Å². The Hall–Kier alpha value is -0.770. The third kappa shape index (κ3) is 5.25. The number of piperidine rings is 1. The van der Waals surface area contributed by atoms with Crippen molar-refractivity contribution in [1.82, 2.24) is 10.2 Å². The zero-order chi connectivity index (χ0) is 14.0. The topological polar surface area (TPSA) is 58.4 Å². The average molecular weight is 255 g/mol. The highest BCUT2D eigenvalue weighted by atomic mass is 16.2. The van der Waals surface area contributed by atoms with Gasteiger partial charge in [0, 0.05) is 24.7 Å². The summed E-state index contributed by atoms with van der Waals surface area (Å²) in [5.41, 5.74) is 5.75. The van der Waals surface area contributed by atoms with E-state index in [1.54, 1.807) is 4.90 Å². The molecule has 0 radical (unpaired) electrons. The molecule has 18 heavy (non-hydrogen) atoms. The van der Waals surface area contributed by atoms with Crippen molar-refractivity contribution >= 4 is 6.03 Å². The van der Waals surface area contributed by atoms with Crippen LogP contribution in [0.3, 0.4) is 0 Å². The summed E-state index contributed by atoms with van der Waals surface area (Å²) in [7, 11) is 0. The second-order valence-electron chi connectivity index (χ2n) is 7.37. The minimum atomic E-state index is -0.289. The van der Waals surface area contributed by atoms with Gasteiger partial charge in [-0.15, -0.1) is 0 Å². The van der Waals surface area contributed by atoms with Gasteiger partial charge in [0.1, 0.15) is 0 Å². The number of carbonyl (C=O) groups is 1. The predicted octanol–water partition coefficient (Wildman–Crippen LogP) is 2.33. The molecule has 106 valence electrons. The second kappa shape index (κ2) is 5.47. The molecular weight excluding hydrogens is 226 g/mol. The van der Waals surface area contributed by atoms with Gasteiger partial charge in [0.05, 0.1) is 0 Å². The van der Waals surface area contributed by atoms with Gasteiger partial charge < -0.3 is 16.0 Å². The fourth-order valence-corrected chi connectivity index (χ4v) is 3.17. The highest BCUT2D eigenvalue weighted by Crippen LogP contribution is 2.28. The van der Waals surface area contributed by atoms with Crippen LogP contribution >= 0.6 is 0 Å². The number of hydrogen-bond donors (Lipinski definition) is 2. The summed E-state index contributed by atoms with van der Waals surface area (Å²) in [4.78, 5) is 12.8. The molecule has 0 aromatic rings. The Morgan fingerprint density at radius 2 is 1.72 bits per heavy atom. The molecule has 1 aliphatic heterocycles. The van der Waals surface area contributed by atoms with Crippen molar-refractivity contribution in [3.63, 3.8) is 0 Å². The molecule has 1 saturated heterocycles. The molecule has 0 atom stereocenters. The summed E-state index contributed by atoms with van der Waals surface area (Å²) in [5, 5.41) is 3.73. The number of rotatable bonds is 3. The van der Waals surface area contributed by atoms with E-state index in [4.69, 9.17) is 5.73 Å². The lowest BCUT2D eigenvalue weighted by Crippen LogP contribution is -2.53. The molecule has 0 spiro atoms. The Balaban J connectivity index is 2.42. The number of nitrogens with one attached hydrogen (secondary N) is 1. The number of primary amides is 1. The van der Waals surface area contributed by atoms with Gasteiger partial charge in [-0.1, -0.05) is 20.8 Å². The Morgan fingerprint density at radius 3 is 2.11 bits per heavy atom. The van der Waals surface area contributed by atoms with Crippen LogP contribution in [-0.2, 0) is 0 Å². The largest absolute Gasteiger partial charge is 0.351 e. The Bertz CT molecular complexity index is 286. The lowest BCUT2D eigenvalue weighted by molar-refractivity contribution is 0.163. The monoisotopic (exact) mass is 255 g/mol. The van der Waals surface area contributed by atoms with Crippen molar-refractivity contribution in [2.24, 2.45) is 11.1 Å². The van der Waals surface area contributed by atoms with Crippen LogP contribution in [0.1, 0.15) is 53.9 Å². The van der Waals surface area contributed by atoms with Gasteiger partial charge in [-0.3, -0.25) is 0 Å². The standard InChI is InChI=1S/C14H29N3O/c1-13(2,3)10-14(4,5)16-11-6-8-17(9-7-11)12(15)18/h11,16H,6-10H2,1-5H3,(H2,15,18). The van der Waals surface area contributed by atoms with Gasteiger partial charge in [0.15, 0.2) is 0 Å². The molecule has 0 bridgehead atoms. The first kappa shape index (κ1) is 15.3. The van der Waals surface area contributed by atoms with Crippen LogP contribution in [0.15, 0.2) is 0 Å². The van der Waals surface area contributed by atoms with E-state index in [0.717, 1.165) is 32.4 Å². The average Bonchev–Trinajstić information content (AvgIpc) is 2.13. The minimum Gasteiger partial charge on any atom is -0.351 e. The van der Waals surface area contributed by atoms with Crippen LogP contribution in [0.2, 0.25) is 0 Å². The summed E-state index contributed by atoms with van der Waals surface area (Å²) in [6, 6.07) is 0.209. The van der Waals surface area contributed by atoms with Crippen LogP contribution in [0, 0.1) is 5.41 Å². The van der Waals surface area contributed by atoms with Crippen molar-refractivity contribution < 1.29 is 4.79 Å². The van der Waals surface area contributed by atoms with Gasteiger partial charge >= 0.3 is 6.03 Å². The smallest absolute Gasteiger partial charge is 0.314 e. The van der Waals surface area contributed by atoms with Crippen LogP contribution in [0.25, 0.3) is 0 Å². The number of carbonyl (C=O) groups excluding carboxylic acids is 1. The first-order valence-corrected chi connectivity index (χ1v) is 6.91. The maximum Gasteiger partial charge on any atom is 0.314 e. The third-order valence-corrected chi connectivity index (χ3v) is 3.37. The Kier molecular flexibility index (Phi) is 4.65. The van der Waals surface area contributed by atoms with E-state index in [1.165, 1.54) is 0 Å². The van der Waals surface area contributed by atoms with Crippen LogP contribution in [0.5, 0.6) is 0 Å². The van der Waals surface area contributed by atoms with E-state index >= 15 is 0 Å². The van der Waals surface area contributed by atoms with Crippen molar-refractivity contribution in [2.45, 2.75) is 65.5 Å². The van der Waals surface area contributed by atoms with Crippen LogP contribution in [0.4, 0.5) is 4.79 Å². The van der Waals surface area contributed by atoms with E-state index < -0.39 is 0 Å². The first-order chi connectivity index (χ1) is 8.09. The zero-order valence-corrected chi connectivity index (χ0v) is 12.5. The van der Waals surface area contributed by atoms with E-state index in [-0.39, 0.29) is 11.6 Å². The van der Waals surface area contributed by atoms with Crippen molar-refractivity contribution in [1.29, 1.82) is 0 Å². The second-order valence-corrected chi connectivity index (χ2v) is 7.37. The van der Waals surface area contributed by atoms with Crippen molar-refractivity contribution in [2.75, 3.05) is 13.1 Å². The van der Waals surface area contributed by atoms with Gasteiger partial charge in [-0.25, -0.2) is 4.79 Å². The molecule has 4 nitrogen and oxygen atoms in total. The number of hydrogen-bond acceptors (Lipinski definition) is 2. The van der Waals surface area contributed by atoms with Crippen LogP contribution < -0.4 is 11.1 Å². The van der Waals surface area contributed by atoms with Gasteiger partial charge in [-0.05, 0) is 38.5 Å². The van der Waals surface area contributed by atoms with E-state index in [2.05, 4.69) is 39.9 Å². The Labute approximate surface area is 111 Å². The normalized spacial score (nSPS) is 19.1. The Morgan fingerprint density at radius 1 is 1.22 bits per heavy atom. The molecule has 0 aromatic heterocycles. The maximum absolute atomic E-state index is 11.1. The summed E-state index contributed by atoms with van der Waals surface area (Å²) in [6.07, 6.45) is 3.13. The fourth-order valence-electron chi connectivity index (χ4n) is 3.17. The molecule has 0 unspecified atom stereocenters. The van der Waals surface area contributed by atoms with Gasteiger partial charge in [-0.2, -0.15) is 0 Å². The number of amides is 2. The highest BCUT2D eigenvalue weighted by Gasteiger charge is 2.29. The molecular formula is C14H29N3O. The van der Waals surface area contributed by atoms with E-state index in [9.17, 15) is 4.79 Å². The predicted molar refractivity (Wildman–Crippen MR) is 75.5 cm³/mol. The molecule has 4 heteroatoms. The van der Waals surface area contributed by atoms with Crippen molar-refractivity contribution in [3.05, 3.63) is 0 Å². The molecule has 1 heterocycles. The summed E-state index contributed by atoms with van der Waals surface area (Å²) in [6.45, 7) is 12.9. The number of urea groups is 1. The molecule has 2 amide bonds. The minimum absolute atomic E-state index is 0.137. The quantitative estimate of drug-likeness (QED) is 0.813. The maximum atomic E-state index is 11.1. The number of likely N-dealkylation sites (tertiary alicyclic amines) is 1. The lowest BCUT2D eigenvalue weighted by Gasteiger charge is -2.39. The number of nitrogens with two attached hydrogens (primary N) is 1. The molecule has 1 fully saturated rings. The molecule has 3 N–H and O–H groups in total. The highest BCUT2D eigenvalue weighted by molar-refractivity contribution is 5.72. The first-order valence-electron chi connectivity index (χ1n) is 6.91. The third-order valence-electron chi connectivity index (χ3n) is 3.37. The lowest BCUT2D eigenvalue weighted by atomic mass is 9.81. The fraction of sp³-hybridized carbons (Fsp3) is 0.929. The SMILES string of the molecule is CC(C)(C)CC(C)(C)NC1CCN(C(N)=O)CC1. The number of nitrogens with zero attached hydrogens (tertiary/aromatic N) is 1. The molecule has 1 aliphatic rings. The van der Waals surface area contributed by atoms with E-state index in [1.807, 2.05) is 0 Å². The van der Waals surface area contributed by atoms with Crippen LogP contribution in [-0.4, -0.2) is 35.6 Å². The summed E-state index contributed by atoms with van der Waals surface area (Å²) in [5.74, 6) is 0. The molecule has 0 saturated carbocycles. The van der Waals surface area contributed by atoms with Gasteiger partial charge in [0.2, 0.25) is 0 Å². The summed E-state index contributed by atoms with van der Waals surface area (Å²) >= 11 is 0. The molecule has 0 aromatic carbocycles. The molecule has 0 aliphatic carbocycles. The summed E-state index contributed by atoms with van der Waals surface area (Å²) < 4.78 is 0. The van der Waals surface area contributed by atoms with Crippen molar-refractivity contribution in [3.8, 4) is 0 Å². The zero-order valence-electron chi connectivity index (χ0n) is 12.5.